The number of rotatable bonds is 8. The van der Waals surface area contributed by atoms with Crippen LogP contribution in [0.4, 0.5) is 17.1 Å². The monoisotopic (exact) mass is 522 g/mol. The summed E-state index contributed by atoms with van der Waals surface area (Å²) < 4.78 is 5.10. The maximum Gasteiger partial charge on any atom is 0.326 e. The van der Waals surface area contributed by atoms with Crippen molar-refractivity contribution in [2.24, 2.45) is 0 Å². The molecule has 0 aromatic heterocycles. The molecule has 0 radical (unpaired) electrons. The predicted molar refractivity (Wildman–Crippen MR) is 154 cm³/mol. The van der Waals surface area contributed by atoms with Gasteiger partial charge in [-0.15, -0.1) is 0 Å². The lowest BCUT2D eigenvalue weighted by molar-refractivity contribution is -0.141. The number of ether oxygens (including phenoxy) is 1. The average Bonchev–Trinajstić information content (AvgIpc) is 2.96. The second kappa shape index (κ2) is 12.8. The summed E-state index contributed by atoms with van der Waals surface area (Å²) in [6.07, 6.45) is 1.70. The van der Waals surface area contributed by atoms with Crippen LogP contribution in [0.3, 0.4) is 0 Å². The van der Waals surface area contributed by atoms with Gasteiger partial charge in [0, 0.05) is 47.2 Å². The van der Waals surface area contributed by atoms with Crippen molar-refractivity contribution in [3.63, 3.8) is 0 Å². The van der Waals surface area contributed by atoms with Gasteiger partial charge in [-0.1, -0.05) is 18.2 Å². The van der Waals surface area contributed by atoms with Crippen molar-refractivity contribution in [3.05, 3.63) is 89.5 Å². The number of nitrogens with one attached hydrogen (secondary N) is 1. The first-order valence-electron chi connectivity index (χ1n) is 13.1. The summed E-state index contributed by atoms with van der Waals surface area (Å²) in [6, 6.07) is 21.4. The van der Waals surface area contributed by atoms with Gasteiger partial charge in [0.2, 0.25) is 0 Å². The molecule has 0 unspecified atom stereocenters. The van der Waals surface area contributed by atoms with E-state index in [0.29, 0.717) is 22.5 Å². The highest BCUT2D eigenvalue weighted by atomic mass is 16.5. The molecular formula is C30H31BN4O4. The fourth-order valence-electron chi connectivity index (χ4n) is 4.67. The van der Waals surface area contributed by atoms with E-state index in [1.165, 1.54) is 4.90 Å². The maximum absolute atomic E-state index is 13.3. The fourth-order valence-corrected chi connectivity index (χ4v) is 4.67. The van der Waals surface area contributed by atoms with E-state index < -0.39 is 5.97 Å². The van der Waals surface area contributed by atoms with Crippen molar-refractivity contribution in [3.8, 4) is 5.97 Å². The number of esters is 1. The van der Waals surface area contributed by atoms with Gasteiger partial charge in [-0.05, 0) is 86.6 Å². The number of carbonyl (C=O) groups is 3. The molecule has 0 saturated carbocycles. The van der Waals surface area contributed by atoms with Crippen LogP contribution < -0.4 is 15.1 Å². The maximum atomic E-state index is 13.3. The minimum absolute atomic E-state index is 0.120. The summed E-state index contributed by atoms with van der Waals surface area (Å²) in [4.78, 5) is 42.2. The summed E-state index contributed by atoms with van der Waals surface area (Å²) >= 11 is 0. The number of hydrogen-bond donors (Lipinski definition) is 1. The molecule has 8 nitrogen and oxygen atoms in total. The standard InChI is InChI=1S/C30H31BN4O4/c1-3-39-28(36)20-35(30(38)24-7-5-4-6-8-24)27-14-11-25(19-22(27)2)33-29(37)23-9-12-26(13-10-23)34-17-15-31(21-32)16-18-34/h4-14,19H,3,15-18,20H2,1-2H3,(H,33,37). The number of nitrogens with zero attached hydrogens (tertiary/aromatic N) is 3. The van der Waals surface area contributed by atoms with Gasteiger partial charge in [0.1, 0.15) is 6.54 Å². The third-order valence-corrected chi connectivity index (χ3v) is 6.78. The van der Waals surface area contributed by atoms with Crippen LogP contribution >= 0.6 is 0 Å². The van der Waals surface area contributed by atoms with E-state index in [9.17, 15) is 14.4 Å². The smallest absolute Gasteiger partial charge is 0.326 e. The summed E-state index contributed by atoms with van der Waals surface area (Å²) in [5.41, 5.74) is 3.86. The molecule has 0 bridgehead atoms. The third kappa shape index (κ3) is 6.85. The SMILES string of the molecule is CCOC(=O)CN(C(=O)c1ccccc1)c1ccc(NC(=O)c2ccc(N3CCB(C#N)CC3)cc2)cc1C. The highest BCUT2D eigenvalue weighted by Crippen LogP contribution is 2.26. The van der Waals surface area contributed by atoms with Crippen LogP contribution in [0.15, 0.2) is 72.8 Å². The Morgan fingerprint density at radius 1 is 1.00 bits per heavy atom. The molecule has 1 aliphatic heterocycles. The summed E-state index contributed by atoms with van der Waals surface area (Å²) in [7, 11) is 0. The number of benzene rings is 3. The van der Waals surface area contributed by atoms with Crippen LogP contribution in [0, 0.1) is 18.2 Å². The lowest BCUT2D eigenvalue weighted by Crippen LogP contribution is -2.37. The van der Waals surface area contributed by atoms with Gasteiger partial charge in [0.15, 0.2) is 0 Å². The van der Waals surface area contributed by atoms with Crippen LogP contribution in [0.25, 0.3) is 0 Å². The van der Waals surface area contributed by atoms with Gasteiger partial charge in [0.25, 0.3) is 18.5 Å². The number of anilines is 3. The molecule has 0 spiro atoms. The molecule has 1 saturated heterocycles. The number of hydrogen-bond acceptors (Lipinski definition) is 6. The van der Waals surface area contributed by atoms with Crippen LogP contribution in [0.5, 0.6) is 0 Å². The van der Waals surface area contributed by atoms with Crippen LogP contribution in [0.2, 0.25) is 12.6 Å². The first kappa shape index (κ1) is 27.5. The Balaban J connectivity index is 1.47. The molecular weight excluding hydrogens is 491 g/mol. The molecule has 0 aliphatic carbocycles. The largest absolute Gasteiger partial charge is 0.465 e. The van der Waals surface area contributed by atoms with Crippen LogP contribution in [0.1, 0.15) is 33.2 Å². The van der Waals surface area contributed by atoms with Crippen molar-refractivity contribution in [2.45, 2.75) is 26.5 Å². The quantitative estimate of drug-likeness (QED) is 0.336. The zero-order valence-electron chi connectivity index (χ0n) is 22.2. The number of nitriles is 1. The molecule has 1 heterocycles. The first-order valence-corrected chi connectivity index (χ1v) is 13.1. The molecule has 0 atom stereocenters. The molecule has 9 heteroatoms. The van der Waals surface area contributed by atoms with Crippen molar-refractivity contribution >= 4 is 41.6 Å². The van der Waals surface area contributed by atoms with Crippen molar-refractivity contribution in [1.29, 1.82) is 5.26 Å². The highest BCUT2D eigenvalue weighted by Gasteiger charge is 2.24. The zero-order chi connectivity index (χ0) is 27.8. The van der Waals surface area contributed by atoms with Gasteiger partial charge in [0.05, 0.1) is 6.61 Å². The predicted octanol–water partition coefficient (Wildman–Crippen LogP) is 4.83. The Bertz CT molecular complexity index is 1360. The van der Waals surface area contributed by atoms with Gasteiger partial charge in [-0.2, -0.15) is 0 Å². The average molecular weight is 522 g/mol. The summed E-state index contributed by atoms with van der Waals surface area (Å²) in [5, 5.41) is 12.0. The Labute approximate surface area is 229 Å². The van der Waals surface area contributed by atoms with Gasteiger partial charge >= 0.3 is 5.97 Å². The molecule has 3 aromatic carbocycles. The number of carbonyl (C=O) groups excluding carboxylic acids is 3. The minimum atomic E-state index is -0.503. The fraction of sp³-hybridized carbons (Fsp3) is 0.267. The molecule has 39 heavy (non-hydrogen) atoms. The van der Waals surface area contributed by atoms with E-state index in [1.54, 1.807) is 61.5 Å². The van der Waals surface area contributed by atoms with Crippen molar-refractivity contribution in [1.82, 2.24) is 0 Å². The lowest BCUT2D eigenvalue weighted by Gasteiger charge is -2.30. The number of aryl methyl sites for hydroxylation is 1. The van der Waals surface area contributed by atoms with Crippen molar-refractivity contribution in [2.75, 3.05) is 41.4 Å². The second-order valence-corrected chi connectivity index (χ2v) is 9.46. The molecule has 3 aromatic rings. The lowest BCUT2D eigenvalue weighted by atomic mass is 9.45. The first-order chi connectivity index (χ1) is 18.9. The van der Waals surface area contributed by atoms with E-state index in [-0.39, 0.29) is 31.7 Å². The highest BCUT2D eigenvalue weighted by molar-refractivity contribution is 6.67. The van der Waals surface area contributed by atoms with Crippen LogP contribution in [-0.2, 0) is 9.53 Å². The second-order valence-electron chi connectivity index (χ2n) is 9.46. The topological polar surface area (TPSA) is 103 Å². The molecule has 1 aliphatic rings. The Kier molecular flexibility index (Phi) is 9.00. The molecule has 198 valence electrons. The molecule has 1 fully saturated rings. The van der Waals surface area contributed by atoms with E-state index >= 15 is 0 Å². The van der Waals surface area contributed by atoms with Gasteiger partial charge in [-0.25, -0.2) is 5.26 Å². The Morgan fingerprint density at radius 3 is 2.31 bits per heavy atom. The number of amides is 2. The minimum Gasteiger partial charge on any atom is -0.465 e. The van der Waals surface area contributed by atoms with E-state index in [4.69, 9.17) is 10.00 Å². The summed E-state index contributed by atoms with van der Waals surface area (Å²) in [5.74, 6) is 1.27. The zero-order valence-corrected chi connectivity index (χ0v) is 22.2. The Hall–Kier alpha value is -4.58. The Morgan fingerprint density at radius 2 is 1.69 bits per heavy atom. The van der Waals surface area contributed by atoms with E-state index in [1.807, 2.05) is 25.1 Å². The van der Waals surface area contributed by atoms with Gasteiger partial charge < -0.3 is 15.0 Å². The van der Waals surface area contributed by atoms with Gasteiger partial charge in [-0.3, -0.25) is 19.3 Å². The normalized spacial score (nSPS) is 12.8. The summed E-state index contributed by atoms with van der Waals surface area (Å²) in [6.45, 7) is 5.31. The van der Waals surface area contributed by atoms with Crippen LogP contribution in [-0.4, -0.2) is 50.7 Å². The molecule has 2 amide bonds. The van der Waals surface area contributed by atoms with E-state index in [0.717, 1.165) is 37.0 Å². The molecule has 4 rings (SSSR count). The molecule has 1 N–H and O–H groups in total. The van der Waals surface area contributed by atoms with Crippen molar-refractivity contribution < 1.29 is 19.1 Å². The third-order valence-electron chi connectivity index (χ3n) is 6.78. The van der Waals surface area contributed by atoms with E-state index in [2.05, 4.69) is 16.2 Å².